The molecule has 0 bridgehead atoms. The number of benzene rings is 1. The van der Waals surface area contributed by atoms with Crippen LogP contribution in [0.1, 0.15) is 19.4 Å². The van der Waals surface area contributed by atoms with Crippen molar-refractivity contribution in [2.75, 3.05) is 0 Å². The number of phenols is 1. The summed E-state index contributed by atoms with van der Waals surface area (Å²) in [5, 5.41) is 18.6. The molecule has 0 saturated carbocycles. The Kier molecular flexibility index (Phi) is 4.87. The Morgan fingerprint density at radius 1 is 1.32 bits per heavy atom. The summed E-state index contributed by atoms with van der Waals surface area (Å²) in [5.41, 5.74) is 0.731. The minimum absolute atomic E-state index is 0.135. The lowest BCUT2D eigenvalue weighted by Gasteiger charge is -2.26. The molecule has 1 atom stereocenters. The van der Waals surface area contributed by atoms with Crippen molar-refractivity contribution < 1.29 is 19.8 Å². The molecule has 2 rings (SSSR count). The normalized spacial score (nSPS) is 18.3. The Morgan fingerprint density at radius 3 is 2.41 bits per heavy atom. The number of carboxylic acids is 1. The number of aromatic hydroxyl groups is 1. The first-order chi connectivity index (χ1) is 10.3. The molecule has 0 aromatic heterocycles. The van der Waals surface area contributed by atoms with E-state index in [4.69, 9.17) is 12.2 Å². The number of carbonyl (C=O) groups excluding carboxylic acids is 1. The number of thioether (sulfide) groups is 1. The molecule has 116 valence electrons. The van der Waals surface area contributed by atoms with Crippen LogP contribution in [0.5, 0.6) is 5.75 Å². The summed E-state index contributed by atoms with van der Waals surface area (Å²) in [5.74, 6) is -1.59. The number of hydrogen-bond donors (Lipinski definition) is 2. The number of carbonyl (C=O) groups is 2. The van der Waals surface area contributed by atoms with Gasteiger partial charge in [0.15, 0.2) is 0 Å². The first-order valence-electron chi connectivity index (χ1n) is 6.60. The number of carboxylic acid groups (broad SMARTS) is 1. The molecule has 22 heavy (non-hydrogen) atoms. The monoisotopic (exact) mass is 337 g/mol. The van der Waals surface area contributed by atoms with E-state index in [9.17, 15) is 19.8 Å². The molecule has 0 radical (unpaired) electrons. The van der Waals surface area contributed by atoms with Gasteiger partial charge in [-0.2, -0.15) is 0 Å². The van der Waals surface area contributed by atoms with E-state index in [0.717, 1.165) is 17.3 Å². The summed E-state index contributed by atoms with van der Waals surface area (Å²) in [4.78, 5) is 25.4. The molecule has 1 unspecified atom stereocenters. The van der Waals surface area contributed by atoms with E-state index in [2.05, 4.69) is 0 Å². The molecule has 1 aromatic rings. The number of rotatable bonds is 4. The average Bonchev–Trinajstić information content (AvgIpc) is 2.69. The Labute approximate surface area is 137 Å². The first-order valence-corrected chi connectivity index (χ1v) is 7.82. The maximum absolute atomic E-state index is 12.5. The molecule has 1 aromatic carbocycles. The zero-order valence-corrected chi connectivity index (χ0v) is 13.6. The van der Waals surface area contributed by atoms with E-state index in [1.165, 1.54) is 17.0 Å². The third-order valence-electron chi connectivity index (χ3n) is 3.18. The van der Waals surface area contributed by atoms with Crippen molar-refractivity contribution in [3.05, 3.63) is 34.7 Å². The van der Waals surface area contributed by atoms with Crippen LogP contribution in [0.25, 0.3) is 6.08 Å². The van der Waals surface area contributed by atoms with E-state index in [1.807, 2.05) is 0 Å². The fourth-order valence-electron chi connectivity index (χ4n) is 2.14. The summed E-state index contributed by atoms with van der Waals surface area (Å²) in [7, 11) is 0. The molecule has 2 N–H and O–H groups in total. The minimum Gasteiger partial charge on any atom is -0.508 e. The first kappa shape index (κ1) is 16.5. The SMILES string of the molecule is CC(C)C(C(=O)O)N1C(=O)/C(=C\c2ccc(O)cc2)SC1=S. The second kappa shape index (κ2) is 6.50. The summed E-state index contributed by atoms with van der Waals surface area (Å²) < 4.78 is 0.246. The maximum atomic E-state index is 12.5. The Hall–Kier alpha value is -1.86. The molecular formula is C15H15NO4S2. The topological polar surface area (TPSA) is 77.8 Å². The van der Waals surface area contributed by atoms with Gasteiger partial charge in [0.25, 0.3) is 5.91 Å². The highest BCUT2D eigenvalue weighted by atomic mass is 32.2. The lowest BCUT2D eigenvalue weighted by molar-refractivity contribution is -0.146. The van der Waals surface area contributed by atoms with Gasteiger partial charge in [0.1, 0.15) is 16.1 Å². The van der Waals surface area contributed by atoms with Crippen LogP contribution in [0.4, 0.5) is 0 Å². The average molecular weight is 337 g/mol. The van der Waals surface area contributed by atoms with E-state index >= 15 is 0 Å². The summed E-state index contributed by atoms with van der Waals surface area (Å²) in [6.07, 6.45) is 1.64. The van der Waals surface area contributed by atoms with Gasteiger partial charge in [-0.3, -0.25) is 9.69 Å². The van der Waals surface area contributed by atoms with Crippen molar-refractivity contribution in [2.45, 2.75) is 19.9 Å². The Bertz CT molecular complexity index is 652. The highest BCUT2D eigenvalue weighted by Crippen LogP contribution is 2.35. The molecule has 1 saturated heterocycles. The molecule has 1 fully saturated rings. The Morgan fingerprint density at radius 2 is 1.91 bits per heavy atom. The second-order valence-corrected chi connectivity index (χ2v) is 6.85. The Balaban J connectivity index is 2.32. The number of amides is 1. The zero-order valence-electron chi connectivity index (χ0n) is 12.0. The minimum atomic E-state index is -1.07. The van der Waals surface area contributed by atoms with Crippen molar-refractivity contribution in [3.8, 4) is 5.75 Å². The number of hydrogen-bond acceptors (Lipinski definition) is 5. The standard InChI is InChI=1S/C15H15NO4S2/c1-8(2)12(14(19)20)16-13(18)11(22-15(16)21)7-9-3-5-10(17)6-4-9/h3-8,12,17H,1-2H3,(H,19,20)/b11-7+. The quantitative estimate of drug-likeness (QED) is 0.650. The lowest BCUT2D eigenvalue weighted by atomic mass is 10.0. The van der Waals surface area contributed by atoms with Crippen molar-refractivity contribution in [3.63, 3.8) is 0 Å². The number of aliphatic carboxylic acids is 1. The van der Waals surface area contributed by atoms with Crippen molar-refractivity contribution in [1.82, 2.24) is 4.90 Å². The van der Waals surface area contributed by atoms with Gasteiger partial charge in [-0.05, 0) is 29.7 Å². The summed E-state index contributed by atoms with van der Waals surface area (Å²) >= 11 is 6.26. The van der Waals surface area contributed by atoms with Crippen LogP contribution in [-0.2, 0) is 9.59 Å². The molecule has 1 aliphatic rings. The van der Waals surface area contributed by atoms with Crippen LogP contribution in [0.3, 0.4) is 0 Å². The van der Waals surface area contributed by atoms with Gasteiger partial charge >= 0.3 is 5.97 Å². The number of nitrogens with zero attached hydrogens (tertiary/aromatic N) is 1. The fraction of sp³-hybridized carbons (Fsp3) is 0.267. The summed E-state index contributed by atoms with van der Waals surface area (Å²) in [6, 6.07) is 5.39. The molecule has 7 heteroatoms. The molecule has 5 nitrogen and oxygen atoms in total. The van der Waals surface area contributed by atoms with E-state index in [0.29, 0.717) is 4.91 Å². The van der Waals surface area contributed by atoms with E-state index in [1.54, 1.807) is 32.1 Å². The van der Waals surface area contributed by atoms with Gasteiger partial charge < -0.3 is 10.2 Å². The molecular weight excluding hydrogens is 322 g/mol. The van der Waals surface area contributed by atoms with Gasteiger partial charge in [0.2, 0.25) is 0 Å². The number of phenolic OH excluding ortho intramolecular Hbond substituents is 1. The number of thiocarbonyl (C=S) groups is 1. The van der Waals surface area contributed by atoms with Crippen LogP contribution in [0.2, 0.25) is 0 Å². The molecule has 1 aliphatic heterocycles. The second-order valence-electron chi connectivity index (χ2n) is 5.17. The highest BCUT2D eigenvalue weighted by molar-refractivity contribution is 8.26. The fourth-order valence-corrected chi connectivity index (χ4v) is 3.46. The van der Waals surface area contributed by atoms with Crippen molar-refractivity contribution >= 4 is 46.3 Å². The van der Waals surface area contributed by atoms with Gasteiger partial charge in [0, 0.05) is 0 Å². The molecule has 0 aliphatic carbocycles. The molecule has 1 heterocycles. The summed E-state index contributed by atoms with van der Waals surface area (Å²) in [6.45, 7) is 3.47. The third-order valence-corrected chi connectivity index (χ3v) is 4.51. The van der Waals surface area contributed by atoms with Crippen LogP contribution in [0, 0.1) is 5.92 Å². The highest BCUT2D eigenvalue weighted by Gasteiger charge is 2.41. The molecule has 1 amide bonds. The van der Waals surface area contributed by atoms with Gasteiger partial charge in [-0.15, -0.1) is 0 Å². The van der Waals surface area contributed by atoms with Crippen molar-refractivity contribution in [1.29, 1.82) is 0 Å². The predicted octanol–water partition coefficient (Wildman–Crippen LogP) is 2.70. The third kappa shape index (κ3) is 3.31. The van der Waals surface area contributed by atoms with Crippen LogP contribution in [0.15, 0.2) is 29.2 Å². The maximum Gasteiger partial charge on any atom is 0.327 e. The van der Waals surface area contributed by atoms with Crippen LogP contribution in [-0.4, -0.2) is 37.4 Å². The predicted molar refractivity (Wildman–Crippen MR) is 89.4 cm³/mol. The molecule has 0 spiro atoms. The largest absolute Gasteiger partial charge is 0.508 e. The lowest BCUT2D eigenvalue weighted by Crippen LogP contribution is -2.47. The smallest absolute Gasteiger partial charge is 0.327 e. The van der Waals surface area contributed by atoms with Crippen LogP contribution >= 0.6 is 24.0 Å². The van der Waals surface area contributed by atoms with Gasteiger partial charge in [-0.25, -0.2) is 4.79 Å². The zero-order chi connectivity index (χ0) is 16.4. The van der Waals surface area contributed by atoms with E-state index < -0.39 is 17.9 Å². The van der Waals surface area contributed by atoms with Gasteiger partial charge in [-0.1, -0.05) is 50.0 Å². The van der Waals surface area contributed by atoms with Gasteiger partial charge in [0.05, 0.1) is 4.91 Å². The van der Waals surface area contributed by atoms with Crippen LogP contribution < -0.4 is 0 Å². The van der Waals surface area contributed by atoms with E-state index in [-0.39, 0.29) is 16.0 Å². The van der Waals surface area contributed by atoms with Crippen molar-refractivity contribution in [2.24, 2.45) is 5.92 Å².